The number of aromatic carboxylic acids is 1. The minimum absolute atomic E-state index is 0.0783. The summed E-state index contributed by atoms with van der Waals surface area (Å²) in [5.74, 6) is -1.01. The van der Waals surface area contributed by atoms with Crippen LogP contribution in [0.3, 0.4) is 0 Å². The highest BCUT2D eigenvalue weighted by molar-refractivity contribution is 6.32. The smallest absolute Gasteiger partial charge is 0.358 e. The lowest BCUT2D eigenvalue weighted by Crippen LogP contribution is -1.96. The van der Waals surface area contributed by atoms with E-state index in [1.54, 1.807) is 6.07 Å². The van der Waals surface area contributed by atoms with Crippen LogP contribution in [0.2, 0.25) is 5.02 Å². The third kappa shape index (κ3) is 2.49. The first kappa shape index (κ1) is 13.9. The fraction of sp³-hybridized carbons (Fsp3) is 0.333. The van der Waals surface area contributed by atoms with Gasteiger partial charge in [0.15, 0.2) is 11.5 Å². The number of phenolic OH excluding ortho intramolecular Hbond substituents is 1. The molecule has 5 nitrogen and oxygen atoms in total. The summed E-state index contributed by atoms with van der Waals surface area (Å²) < 4.78 is 5.11. The number of nitrogens with zero attached hydrogens (tertiary/aromatic N) is 1. The normalized spacial score (nSPS) is 14.5. The number of phenols is 1. The Hall–Kier alpha value is -2.01. The number of benzene rings is 1. The Kier molecular flexibility index (Phi) is 3.59. The van der Waals surface area contributed by atoms with Gasteiger partial charge in [0.25, 0.3) is 0 Å². The quantitative estimate of drug-likeness (QED) is 0.827. The second-order valence-corrected chi connectivity index (χ2v) is 5.57. The van der Waals surface area contributed by atoms with Crippen LogP contribution in [0.1, 0.15) is 40.9 Å². The molecule has 1 aliphatic carbocycles. The Morgan fingerprint density at radius 1 is 1.24 bits per heavy atom. The molecule has 0 unspecified atom stereocenters. The number of hydrogen-bond donors (Lipinski definition) is 2. The van der Waals surface area contributed by atoms with Crippen molar-refractivity contribution < 1.29 is 19.5 Å². The molecule has 3 rings (SSSR count). The molecule has 0 saturated heterocycles. The van der Waals surface area contributed by atoms with E-state index in [0.717, 1.165) is 43.2 Å². The molecule has 0 spiro atoms. The van der Waals surface area contributed by atoms with Crippen molar-refractivity contribution >= 4 is 17.6 Å². The fourth-order valence-electron chi connectivity index (χ4n) is 2.79. The van der Waals surface area contributed by atoms with Crippen LogP contribution in [-0.2, 0) is 12.8 Å². The molecule has 0 atom stereocenters. The number of carbonyl (C=O) groups is 1. The SMILES string of the molecule is O=C(O)c1cc(-c2c(O)c(Cl)cc3c2CCCCC3)on1. The van der Waals surface area contributed by atoms with Gasteiger partial charge in [-0.15, -0.1) is 0 Å². The lowest BCUT2D eigenvalue weighted by atomic mass is 9.94. The predicted octanol–water partition coefficient (Wildman–Crippen LogP) is 3.67. The van der Waals surface area contributed by atoms with Crippen molar-refractivity contribution in [1.82, 2.24) is 5.16 Å². The summed E-state index contributed by atoms with van der Waals surface area (Å²) in [5.41, 5.74) is 2.34. The van der Waals surface area contributed by atoms with Crippen molar-refractivity contribution in [2.45, 2.75) is 32.1 Å². The Morgan fingerprint density at radius 3 is 2.71 bits per heavy atom. The van der Waals surface area contributed by atoms with E-state index in [1.165, 1.54) is 6.07 Å². The number of fused-ring (bicyclic) bond motifs is 1. The number of carboxylic acid groups (broad SMARTS) is 1. The molecular formula is C15H14ClNO4. The van der Waals surface area contributed by atoms with Gasteiger partial charge in [-0.2, -0.15) is 0 Å². The molecule has 0 bridgehead atoms. The predicted molar refractivity (Wildman–Crippen MR) is 76.8 cm³/mol. The van der Waals surface area contributed by atoms with Crippen LogP contribution in [0.15, 0.2) is 16.7 Å². The maximum absolute atomic E-state index is 10.9. The highest BCUT2D eigenvalue weighted by Gasteiger charge is 2.23. The molecule has 1 aromatic carbocycles. The van der Waals surface area contributed by atoms with E-state index in [2.05, 4.69) is 5.16 Å². The maximum atomic E-state index is 10.9. The van der Waals surface area contributed by atoms with Crippen molar-refractivity contribution in [3.8, 4) is 17.1 Å². The van der Waals surface area contributed by atoms with E-state index in [0.29, 0.717) is 5.56 Å². The molecule has 2 N–H and O–H groups in total. The average Bonchev–Trinajstić information content (AvgIpc) is 2.82. The Morgan fingerprint density at radius 2 is 2.00 bits per heavy atom. The fourth-order valence-corrected chi connectivity index (χ4v) is 3.02. The third-order valence-corrected chi connectivity index (χ3v) is 4.09. The molecule has 1 aliphatic rings. The molecular weight excluding hydrogens is 294 g/mol. The molecule has 1 heterocycles. The lowest BCUT2D eigenvalue weighted by molar-refractivity contribution is 0.0686. The number of carboxylic acids is 1. The van der Waals surface area contributed by atoms with Crippen LogP contribution >= 0.6 is 11.6 Å². The topological polar surface area (TPSA) is 83.6 Å². The number of aromatic hydroxyl groups is 1. The summed E-state index contributed by atoms with van der Waals surface area (Å²) in [7, 11) is 0. The van der Waals surface area contributed by atoms with Crippen LogP contribution in [0.4, 0.5) is 0 Å². The summed E-state index contributed by atoms with van der Waals surface area (Å²) in [6.45, 7) is 0. The zero-order chi connectivity index (χ0) is 15.0. The van der Waals surface area contributed by atoms with Gasteiger partial charge < -0.3 is 14.7 Å². The van der Waals surface area contributed by atoms with Gasteiger partial charge >= 0.3 is 5.97 Å². The van der Waals surface area contributed by atoms with Crippen LogP contribution in [-0.4, -0.2) is 21.3 Å². The zero-order valence-corrected chi connectivity index (χ0v) is 12.0. The standard InChI is InChI=1S/C15H14ClNO4/c16-10-6-8-4-2-1-3-5-9(8)13(14(10)18)12-7-11(15(19)20)17-21-12/h6-7,18H,1-5H2,(H,19,20). The van der Waals surface area contributed by atoms with E-state index in [4.69, 9.17) is 21.2 Å². The summed E-state index contributed by atoms with van der Waals surface area (Å²) in [6.07, 6.45) is 4.90. The zero-order valence-electron chi connectivity index (χ0n) is 11.2. The monoisotopic (exact) mass is 307 g/mol. The van der Waals surface area contributed by atoms with Gasteiger partial charge in [-0.05, 0) is 42.9 Å². The molecule has 21 heavy (non-hydrogen) atoms. The van der Waals surface area contributed by atoms with Crippen molar-refractivity contribution in [1.29, 1.82) is 0 Å². The minimum Gasteiger partial charge on any atom is -0.506 e. The van der Waals surface area contributed by atoms with E-state index in [9.17, 15) is 9.90 Å². The summed E-state index contributed by atoms with van der Waals surface area (Å²) >= 11 is 6.09. The Balaban J connectivity index is 2.19. The first-order valence-electron chi connectivity index (χ1n) is 6.81. The highest BCUT2D eigenvalue weighted by atomic mass is 35.5. The second kappa shape index (κ2) is 5.41. The first-order chi connectivity index (χ1) is 10.1. The summed E-state index contributed by atoms with van der Waals surface area (Å²) in [5, 5.41) is 23.0. The highest BCUT2D eigenvalue weighted by Crippen LogP contribution is 2.42. The summed E-state index contributed by atoms with van der Waals surface area (Å²) in [4.78, 5) is 10.9. The number of aromatic nitrogens is 1. The van der Waals surface area contributed by atoms with Gasteiger partial charge in [0.1, 0.15) is 5.75 Å². The van der Waals surface area contributed by atoms with E-state index in [1.807, 2.05) is 0 Å². The van der Waals surface area contributed by atoms with Crippen LogP contribution in [0, 0.1) is 0 Å². The summed E-state index contributed by atoms with van der Waals surface area (Å²) in [6, 6.07) is 3.11. The largest absolute Gasteiger partial charge is 0.506 e. The molecule has 0 aliphatic heterocycles. The molecule has 1 aromatic heterocycles. The van der Waals surface area contributed by atoms with E-state index >= 15 is 0 Å². The molecule has 2 aromatic rings. The maximum Gasteiger partial charge on any atom is 0.358 e. The van der Waals surface area contributed by atoms with Crippen LogP contribution < -0.4 is 0 Å². The van der Waals surface area contributed by atoms with Gasteiger partial charge in [-0.1, -0.05) is 23.2 Å². The van der Waals surface area contributed by atoms with Crippen molar-refractivity contribution in [2.75, 3.05) is 0 Å². The number of aryl methyl sites for hydroxylation is 1. The molecule has 6 heteroatoms. The molecule has 110 valence electrons. The van der Waals surface area contributed by atoms with Gasteiger partial charge in [0, 0.05) is 6.07 Å². The second-order valence-electron chi connectivity index (χ2n) is 5.16. The Bertz CT molecular complexity index is 708. The van der Waals surface area contributed by atoms with Crippen LogP contribution in [0.5, 0.6) is 5.75 Å². The molecule has 0 fully saturated rings. The van der Waals surface area contributed by atoms with Crippen molar-refractivity contribution in [3.63, 3.8) is 0 Å². The molecule has 0 amide bonds. The number of hydrogen-bond acceptors (Lipinski definition) is 4. The van der Waals surface area contributed by atoms with Crippen molar-refractivity contribution in [3.05, 3.63) is 34.0 Å². The Labute approximate surface area is 126 Å². The lowest BCUT2D eigenvalue weighted by Gasteiger charge is -2.13. The van der Waals surface area contributed by atoms with Crippen LogP contribution in [0.25, 0.3) is 11.3 Å². The molecule has 0 radical (unpaired) electrons. The number of halogens is 1. The van der Waals surface area contributed by atoms with Gasteiger partial charge in [-0.25, -0.2) is 4.79 Å². The van der Waals surface area contributed by atoms with E-state index < -0.39 is 5.97 Å². The number of rotatable bonds is 2. The third-order valence-electron chi connectivity index (χ3n) is 3.80. The van der Waals surface area contributed by atoms with E-state index in [-0.39, 0.29) is 22.2 Å². The van der Waals surface area contributed by atoms with Crippen molar-refractivity contribution in [2.24, 2.45) is 0 Å². The average molecular weight is 308 g/mol. The van der Waals surface area contributed by atoms with Gasteiger partial charge in [0.2, 0.25) is 0 Å². The van der Waals surface area contributed by atoms with Gasteiger partial charge in [-0.3, -0.25) is 0 Å². The molecule has 0 saturated carbocycles. The minimum atomic E-state index is -1.17. The first-order valence-corrected chi connectivity index (χ1v) is 7.19. The van der Waals surface area contributed by atoms with Gasteiger partial charge in [0.05, 0.1) is 10.6 Å².